The molecule has 36 heavy (non-hydrogen) atoms. The van der Waals surface area contributed by atoms with E-state index >= 15 is 0 Å². The van der Waals surface area contributed by atoms with Crippen LogP contribution in [0, 0.1) is 0 Å². The Morgan fingerprint density at radius 2 is 1.17 bits per heavy atom. The van der Waals surface area contributed by atoms with Crippen LogP contribution in [0.15, 0.2) is 24.3 Å². The Morgan fingerprint density at radius 3 is 1.61 bits per heavy atom. The maximum atomic E-state index is 14.0. The molecule has 0 saturated heterocycles. The number of para-hydroxylation sites is 2. The van der Waals surface area contributed by atoms with Gasteiger partial charge in [-0.25, -0.2) is 8.78 Å². The number of benzene rings is 1. The van der Waals surface area contributed by atoms with Crippen molar-refractivity contribution in [2.75, 3.05) is 11.9 Å². The third-order valence-electron chi connectivity index (χ3n) is 4.38. The van der Waals surface area contributed by atoms with Crippen LogP contribution in [0.1, 0.15) is 6.92 Å². The van der Waals surface area contributed by atoms with Gasteiger partial charge in [-0.1, -0.05) is 12.1 Å². The fraction of sp³-hybridized carbons (Fsp3) is 0.588. The summed E-state index contributed by atoms with van der Waals surface area (Å²) in [5.41, 5.74) is -0.969. The van der Waals surface area contributed by atoms with Crippen molar-refractivity contribution in [2.45, 2.75) is 54.8 Å². The summed E-state index contributed by atoms with van der Waals surface area (Å²) in [6, 6.07) is 3.55. The molecule has 0 fully saturated rings. The number of anilines is 1. The largest absolute Gasteiger partial charge is 0.492 e. The van der Waals surface area contributed by atoms with E-state index in [0.29, 0.717) is 6.07 Å². The summed E-state index contributed by atoms with van der Waals surface area (Å²) in [4.78, 5) is 11.6. The maximum Gasteiger partial charge on any atom is 0.393 e. The van der Waals surface area contributed by atoms with E-state index in [2.05, 4.69) is 0 Å². The normalized spacial score (nSPS) is 14.7. The van der Waals surface area contributed by atoms with Gasteiger partial charge in [-0.3, -0.25) is 4.79 Å². The molecule has 0 aliphatic heterocycles. The highest BCUT2D eigenvalue weighted by atomic mass is 19.4. The molecule has 1 amide bonds. The zero-order valence-electron chi connectivity index (χ0n) is 17.0. The molecule has 0 aliphatic rings. The summed E-state index contributed by atoms with van der Waals surface area (Å²) in [7, 11) is 0. The third-order valence-corrected chi connectivity index (χ3v) is 4.38. The molecule has 0 bridgehead atoms. The van der Waals surface area contributed by atoms with Crippen LogP contribution >= 0.6 is 0 Å². The molecule has 1 aromatic rings. The van der Waals surface area contributed by atoms with Gasteiger partial charge in [0.2, 0.25) is 0 Å². The molecular weight excluding hydrogens is 554 g/mol. The van der Waals surface area contributed by atoms with Crippen molar-refractivity contribution >= 4 is 11.6 Å². The van der Waals surface area contributed by atoms with E-state index in [1.165, 1.54) is 6.92 Å². The first kappa shape index (κ1) is 31.4. The molecule has 0 aliphatic carbocycles. The Kier molecular flexibility index (Phi) is 8.15. The summed E-state index contributed by atoms with van der Waals surface area (Å²) < 4.78 is 218. The lowest BCUT2D eigenvalue weighted by molar-refractivity contribution is -0.443. The molecule has 0 aromatic heterocycles. The van der Waals surface area contributed by atoms with E-state index in [0.717, 1.165) is 23.5 Å². The van der Waals surface area contributed by atoms with E-state index in [4.69, 9.17) is 4.74 Å². The van der Waals surface area contributed by atoms with Crippen LogP contribution in [0.2, 0.25) is 0 Å². The van der Waals surface area contributed by atoms with Crippen molar-refractivity contribution in [1.29, 1.82) is 0 Å². The highest BCUT2D eigenvalue weighted by Gasteiger charge is 2.94. The lowest BCUT2D eigenvalue weighted by Crippen LogP contribution is -2.74. The van der Waals surface area contributed by atoms with E-state index in [-0.39, 0.29) is 6.61 Å². The maximum absolute atomic E-state index is 14.0. The van der Waals surface area contributed by atoms with Gasteiger partial charge in [0.15, 0.2) is 0 Å². The van der Waals surface area contributed by atoms with Gasteiger partial charge in [-0.05, 0) is 19.1 Å². The SMILES string of the molecule is CCOc1ccccc1NC(=O)C(F)(F)C(F)(F)C(F)(F)C(F)(F)C(F)(F)C(F)(F)C(F)(F)C(F)F. The Balaban J connectivity index is 3.55. The Hall–Kier alpha value is -2.63. The molecule has 19 heteroatoms. The highest BCUT2D eigenvalue weighted by molar-refractivity contribution is 5.98. The molecule has 0 unspecified atom stereocenters. The zero-order chi connectivity index (χ0) is 28.8. The Bertz CT molecular complexity index is 946. The van der Waals surface area contributed by atoms with Crippen LogP contribution in [0.4, 0.5) is 75.9 Å². The molecule has 0 saturated carbocycles. The Labute approximate surface area is 189 Å². The van der Waals surface area contributed by atoms with Crippen molar-refractivity contribution in [2.24, 2.45) is 0 Å². The first-order valence-electron chi connectivity index (χ1n) is 8.85. The van der Waals surface area contributed by atoms with Crippen LogP contribution in [0.3, 0.4) is 0 Å². The van der Waals surface area contributed by atoms with E-state index in [9.17, 15) is 75.0 Å². The molecule has 1 aromatic carbocycles. The second kappa shape index (κ2) is 9.35. The second-order valence-electron chi connectivity index (χ2n) is 6.75. The first-order valence-corrected chi connectivity index (χ1v) is 8.85. The number of alkyl halides is 16. The molecular formula is C17H11F16NO2. The van der Waals surface area contributed by atoms with Crippen LogP contribution in [-0.4, -0.2) is 60.4 Å². The number of rotatable bonds is 11. The number of halogens is 16. The predicted octanol–water partition coefficient (Wildman–Crippen LogP) is 6.74. The monoisotopic (exact) mass is 565 g/mol. The quantitative estimate of drug-likeness (QED) is 0.302. The molecule has 208 valence electrons. The lowest BCUT2D eigenvalue weighted by atomic mass is 9.89. The van der Waals surface area contributed by atoms with Crippen LogP contribution in [0.25, 0.3) is 0 Å². The van der Waals surface area contributed by atoms with Crippen molar-refractivity contribution in [3.8, 4) is 5.75 Å². The van der Waals surface area contributed by atoms with Gasteiger partial charge in [-0.2, -0.15) is 61.5 Å². The minimum atomic E-state index is -8.57. The topological polar surface area (TPSA) is 38.3 Å². The zero-order valence-corrected chi connectivity index (χ0v) is 17.0. The number of hydrogen-bond donors (Lipinski definition) is 1. The molecule has 0 radical (unpaired) electrons. The standard InChI is InChI=1S/C17H11F16NO2/c1-2-36-8-6-4-3-5-7(8)34-10(35)12(22,23)14(26,27)16(30,31)17(32,33)15(28,29)13(24,25)11(20,21)9(18)19/h3-6,9H,2H2,1H3,(H,34,35). The van der Waals surface area contributed by atoms with Gasteiger partial charge in [0.25, 0.3) is 0 Å². The van der Waals surface area contributed by atoms with Gasteiger partial charge in [0.1, 0.15) is 5.75 Å². The summed E-state index contributed by atoms with van der Waals surface area (Å²) in [6.45, 7) is 1.01. The highest BCUT2D eigenvalue weighted by Crippen LogP contribution is 2.62. The third kappa shape index (κ3) is 4.37. The second-order valence-corrected chi connectivity index (χ2v) is 6.75. The fourth-order valence-corrected chi connectivity index (χ4v) is 2.33. The Morgan fingerprint density at radius 1 is 0.750 bits per heavy atom. The lowest BCUT2D eigenvalue weighted by Gasteiger charge is -2.42. The molecule has 1 rings (SSSR count). The van der Waals surface area contributed by atoms with Crippen LogP contribution in [0.5, 0.6) is 5.75 Å². The average molecular weight is 565 g/mol. The van der Waals surface area contributed by atoms with Gasteiger partial charge in [-0.15, -0.1) is 0 Å². The molecule has 0 atom stereocenters. The van der Waals surface area contributed by atoms with Crippen LogP contribution < -0.4 is 10.1 Å². The van der Waals surface area contributed by atoms with Gasteiger partial charge >= 0.3 is 53.8 Å². The van der Waals surface area contributed by atoms with Crippen LogP contribution in [-0.2, 0) is 4.79 Å². The van der Waals surface area contributed by atoms with Crippen molar-refractivity contribution in [3.05, 3.63) is 24.3 Å². The number of carbonyl (C=O) groups excluding carboxylic acids is 1. The van der Waals surface area contributed by atoms with Gasteiger partial charge in [0.05, 0.1) is 12.3 Å². The number of amides is 1. The summed E-state index contributed by atoms with van der Waals surface area (Å²) in [5, 5.41) is 0.846. The molecule has 0 heterocycles. The van der Waals surface area contributed by atoms with Gasteiger partial charge < -0.3 is 10.1 Å². The van der Waals surface area contributed by atoms with Crippen molar-refractivity contribution in [1.82, 2.24) is 0 Å². The minimum Gasteiger partial charge on any atom is -0.492 e. The van der Waals surface area contributed by atoms with Crippen molar-refractivity contribution in [3.63, 3.8) is 0 Å². The molecule has 0 spiro atoms. The number of hydrogen-bond acceptors (Lipinski definition) is 2. The fourth-order valence-electron chi connectivity index (χ4n) is 2.33. The number of nitrogens with one attached hydrogen (secondary N) is 1. The molecule has 3 nitrogen and oxygen atoms in total. The summed E-state index contributed by atoms with van der Waals surface area (Å²) in [6.07, 6.45) is -5.93. The number of carbonyl (C=O) groups is 1. The minimum absolute atomic E-state index is 0.268. The van der Waals surface area contributed by atoms with Gasteiger partial charge in [0, 0.05) is 0 Å². The molecule has 1 N–H and O–H groups in total. The summed E-state index contributed by atoms with van der Waals surface area (Å²) in [5.74, 6) is -60.5. The summed E-state index contributed by atoms with van der Waals surface area (Å²) >= 11 is 0. The predicted molar refractivity (Wildman–Crippen MR) is 86.9 cm³/mol. The van der Waals surface area contributed by atoms with E-state index < -0.39 is 65.2 Å². The smallest absolute Gasteiger partial charge is 0.393 e. The van der Waals surface area contributed by atoms with E-state index in [1.54, 1.807) is 0 Å². The average Bonchev–Trinajstić information content (AvgIpc) is 2.74. The first-order chi connectivity index (χ1) is 15.9. The van der Waals surface area contributed by atoms with Crippen molar-refractivity contribution < 1.29 is 79.8 Å². The number of ether oxygens (including phenoxy) is 1. The van der Waals surface area contributed by atoms with E-state index in [1.807, 2.05) is 0 Å².